The van der Waals surface area contributed by atoms with Crippen molar-refractivity contribution in [2.75, 3.05) is 13.1 Å². The van der Waals surface area contributed by atoms with E-state index in [2.05, 4.69) is 16.8 Å². The Morgan fingerprint density at radius 2 is 1.64 bits per heavy atom. The van der Waals surface area contributed by atoms with Gasteiger partial charge in [-0.15, -0.1) is 0 Å². The summed E-state index contributed by atoms with van der Waals surface area (Å²) < 4.78 is 0. The number of aliphatic carboxylic acids is 2. The molecule has 2 N–H and O–H groups in total. The van der Waals surface area contributed by atoms with Gasteiger partial charge in [0.15, 0.2) is 0 Å². The zero-order valence-corrected chi connectivity index (χ0v) is 15.9. The maximum Gasteiger partial charge on any atom is 0.320 e. The quantitative estimate of drug-likeness (QED) is 0.523. The molecular formula is C18H33N3O4. The van der Waals surface area contributed by atoms with Crippen LogP contribution in [-0.2, 0) is 9.59 Å². The van der Waals surface area contributed by atoms with Crippen LogP contribution >= 0.6 is 0 Å². The van der Waals surface area contributed by atoms with E-state index < -0.39 is 24.0 Å². The molecule has 0 aromatic heterocycles. The Kier molecular flexibility index (Phi) is 8.89. The minimum Gasteiger partial charge on any atom is -0.480 e. The normalized spacial score (nSPS) is 18.1. The fourth-order valence-electron chi connectivity index (χ4n) is 3.42. The Morgan fingerprint density at radius 3 is 2.16 bits per heavy atom. The second-order valence-corrected chi connectivity index (χ2v) is 6.76. The van der Waals surface area contributed by atoms with Crippen molar-refractivity contribution in [2.45, 2.75) is 84.5 Å². The molecule has 0 aromatic carbocycles. The third-order valence-corrected chi connectivity index (χ3v) is 4.96. The van der Waals surface area contributed by atoms with Gasteiger partial charge in [0, 0.05) is 13.0 Å². The third kappa shape index (κ3) is 5.99. The lowest BCUT2D eigenvalue weighted by Crippen LogP contribution is -2.58. The van der Waals surface area contributed by atoms with Crippen LogP contribution < -0.4 is 0 Å². The molecule has 0 saturated heterocycles. The molecule has 0 bridgehead atoms. The van der Waals surface area contributed by atoms with Gasteiger partial charge in [0.2, 0.25) is 0 Å². The standard InChI is InChI=1S/C18H33N3O4/c1-5-6-7-8-9-10-16-19-11-12-20(16)15(4)21(13(2)17(22)23)14(3)18(24)25/h13-15H,5-12H2,1-4H3,(H,22,23)(H,24,25). The molecule has 1 rings (SSSR count). The highest BCUT2D eigenvalue weighted by molar-refractivity contribution is 5.84. The van der Waals surface area contributed by atoms with Crippen molar-refractivity contribution >= 4 is 17.8 Å². The first-order valence-corrected chi connectivity index (χ1v) is 9.34. The van der Waals surface area contributed by atoms with E-state index in [1.54, 1.807) is 4.90 Å². The number of unbranched alkanes of at least 4 members (excludes halogenated alkanes) is 4. The largest absolute Gasteiger partial charge is 0.480 e. The van der Waals surface area contributed by atoms with Crippen molar-refractivity contribution in [3.63, 3.8) is 0 Å². The molecule has 0 amide bonds. The van der Waals surface area contributed by atoms with Gasteiger partial charge in [0.05, 0.1) is 12.7 Å². The molecular weight excluding hydrogens is 322 g/mol. The van der Waals surface area contributed by atoms with E-state index in [-0.39, 0.29) is 6.17 Å². The monoisotopic (exact) mass is 355 g/mol. The second kappa shape index (κ2) is 10.4. The van der Waals surface area contributed by atoms with E-state index in [0.717, 1.165) is 25.1 Å². The maximum absolute atomic E-state index is 11.5. The Morgan fingerprint density at radius 1 is 1.08 bits per heavy atom. The van der Waals surface area contributed by atoms with Crippen LogP contribution in [0.2, 0.25) is 0 Å². The molecule has 3 unspecified atom stereocenters. The number of nitrogens with zero attached hydrogens (tertiary/aromatic N) is 3. The van der Waals surface area contributed by atoms with Gasteiger partial charge in [0.25, 0.3) is 0 Å². The lowest BCUT2D eigenvalue weighted by atomic mass is 10.1. The Labute approximate surface area is 150 Å². The molecule has 1 heterocycles. The number of aliphatic imine (C=N–C) groups is 1. The number of hydrogen-bond donors (Lipinski definition) is 2. The summed E-state index contributed by atoms with van der Waals surface area (Å²) in [4.78, 5) is 31.1. The van der Waals surface area contributed by atoms with Gasteiger partial charge in [0.1, 0.15) is 17.9 Å². The molecule has 0 saturated carbocycles. The minimum atomic E-state index is -1.02. The van der Waals surface area contributed by atoms with Crippen LogP contribution in [0.15, 0.2) is 4.99 Å². The second-order valence-electron chi connectivity index (χ2n) is 6.76. The number of hydrogen-bond acceptors (Lipinski definition) is 5. The van der Waals surface area contributed by atoms with E-state index in [1.165, 1.54) is 33.1 Å². The van der Waals surface area contributed by atoms with Crippen LogP contribution in [0.1, 0.15) is 66.2 Å². The summed E-state index contributed by atoms with van der Waals surface area (Å²) in [6.45, 7) is 8.53. The van der Waals surface area contributed by atoms with Crippen LogP contribution in [0.3, 0.4) is 0 Å². The lowest BCUT2D eigenvalue weighted by molar-refractivity contribution is -0.153. The first-order valence-electron chi connectivity index (χ1n) is 9.34. The molecule has 1 aliphatic rings. The van der Waals surface area contributed by atoms with Crippen molar-refractivity contribution in [1.82, 2.24) is 9.80 Å². The minimum absolute atomic E-state index is 0.325. The number of amidine groups is 1. The molecule has 0 spiro atoms. The van der Waals surface area contributed by atoms with Crippen molar-refractivity contribution in [3.8, 4) is 0 Å². The topological polar surface area (TPSA) is 93.4 Å². The van der Waals surface area contributed by atoms with Gasteiger partial charge in [-0.2, -0.15) is 0 Å². The van der Waals surface area contributed by atoms with Crippen molar-refractivity contribution in [2.24, 2.45) is 4.99 Å². The molecule has 144 valence electrons. The fourth-order valence-corrected chi connectivity index (χ4v) is 3.42. The Hall–Kier alpha value is -1.63. The fraction of sp³-hybridized carbons (Fsp3) is 0.833. The number of carbonyl (C=O) groups is 2. The predicted octanol–water partition coefficient (Wildman–Crippen LogP) is 2.66. The summed E-state index contributed by atoms with van der Waals surface area (Å²) in [5, 5.41) is 18.8. The van der Waals surface area contributed by atoms with Crippen LogP contribution in [0.4, 0.5) is 0 Å². The third-order valence-electron chi connectivity index (χ3n) is 4.96. The summed E-state index contributed by atoms with van der Waals surface area (Å²) in [6, 6.07) is -1.76. The van der Waals surface area contributed by atoms with Gasteiger partial charge in [-0.1, -0.05) is 32.6 Å². The summed E-state index contributed by atoms with van der Waals surface area (Å²) in [5.74, 6) is -1.06. The Bertz CT molecular complexity index is 461. The molecule has 3 atom stereocenters. The van der Waals surface area contributed by atoms with Crippen LogP contribution in [0, 0.1) is 0 Å². The average molecular weight is 355 g/mol. The molecule has 0 fully saturated rings. The number of carboxylic acid groups (broad SMARTS) is 2. The van der Waals surface area contributed by atoms with E-state index in [9.17, 15) is 19.8 Å². The van der Waals surface area contributed by atoms with Gasteiger partial charge in [-0.3, -0.25) is 19.5 Å². The molecule has 0 aromatic rings. The molecule has 25 heavy (non-hydrogen) atoms. The van der Waals surface area contributed by atoms with Gasteiger partial charge in [-0.05, 0) is 27.2 Å². The smallest absolute Gasteiger partial charge is 0.320 e. The molecule has 7 heteroatoms. The Balaban J connectivity index is 2.78. The first kappa shape index (κ1) is 21.4. The van der Waals surface area contributed by atoms with Gasteiger partial charge < -0.3 is 15.1 Å². The molecule has 7 nitrogen and oxygen atoms in total. The number of carboxylic acids is 2. The lowest BCUT2D eigenvalue weighted by Gasteiger charge is -2.41. The van der Waals surface area contributed by atoms with E-state index >= 15 is 0 Å². The molecule has 1 aliphatic heterocycles. The predicted molar refractivity (Wildman–Crippen MR) is 97.9 cm³/mol. The summed E-state index contributed by atoms with van der Waals surface area (Å²) in [5.41, 5.74) is 0. The molecule has 0 radical (unpaired) electrons. The van der Waals surface area contributed by atoms with Crippen LogP contribution in [0.25, 0.3) is 0 Å². The molecule has 0 aliphatic carbocycles. The summed E-state index contributed by atoms with van der Waals surface area (Å²) in [6.07, 6.45) is 6.43. The highest BCUT2D eigenvalue weighted by Crippen LogP contribution is 2.20. The van der Waals surface area contributed by atoms with E-state index in [1.807, 2.05) is 6.92 Å². The zero-order valence-electron chi connectivity index (χ0n) is 15.9. The average Bonchev–Trinajstić information content (AvgIpc) is 3.02. The van der Waals surface area contributed by atoms with Gasteiger partial charge >= 0.3 is 11.9 Å². The van der Waals surface area contributed by atoms with E-state index in [4.69, 9.17) is 0 Å². The zero-order chi connectivity index (χ0) is 19.0. The highest BCUT2D eigenvalue weighted by atomic mass is 16.4. The van der Waals surface area contributed by atoms with Crippen molar-refractivity contribution in [3.05, 3.63) is 0 Å². The first-order chi connectivity index (χ1) is 11.8. The SMILES string of the molecule is CCCCCCCC1=NCCN1C(C)N(C(C)C(=O)O)C(C)C(=O)O. The highest BCUT2D eigenvalue weighted by Gasteiger charge is 2.37. The number of rotatable bonds is 12. The van der Waals surface area contributed by atoms with Crippen LogP contribution in [0.5, 0.6) is 0 Å². The van der Waals surface area contributed by atoms with Crippen molar-refractivity contribution < 1.29 is 19.8 Å². The van der Waals surface area contributed by atoms with E-state index in [0.29, 0.717) is 13.1 Å². The maximum atomic E-state index is 11.5. The van der Waals surface area contributed by atoms with Gasteiger partial charge in [-0.25, -0.2) is 0 Å². The van der Waals surface area contributed by atoms with Crippen molar-refractivity contribution in [1.29, 1.82) is 0 Å². The summed E-state index contributed by atoms with van der Waals surface area (Å²) >= 11 is 0. The summed E-state index contributed by atoms with van der Waals surface area (Å²) in [7, 11) is 0. The van der Waals surface area contributed by atoms with Crippen LogP contribution in [-0.4, -0.2) is 69.1 Å².